The van der Waals surface area contributed by atoms with Gasteiger partial charge in [-0.3, -0.25) is 0 Å². The molecular weight excluding hydrogens is 226 g/mol. The lowest BCUT2D eigenvalue weighted by molar-refractivity contribution is 0.0958. The molecule has 0 aromatic carbocycles. The summed E-state index contributed by atoms with van der Waals surface area (Å²) in [7, 11) is -2.73. The Hall–Kier alpha value is -0.130. The number of rotatable bonds is 2. The molecule has 3 unspecified atom stereocenters. The van der Waals surface area contributed by atoms with E-state index < -0.39 is 9.84 Å². The molecule has 3 aliphatic rings. The zero-order chi connectivity index (χ0) is 11.2. The van der Waals surface area contributed by atoms with E-state index in [4.69, 9.17) is 4.74 Å². The van der Waals surface area contributed by atoms with Crippen molar-refractivity contribution in [2.75, 3.05) is 11.5 Å². The third-order valence-electron chi connectivity index (χ3n) is 4.11. The van der Waals surface area contributed by atoms with E-state index in [-0.39, 0.29) is 0 Å². The van der Waals surface area contributed by atoms with Crippen LogP contribution in [0.1, 0.15) is 32.1 Å². The molecule has 0 radical (unpaired) electrons. The smallest absolute Gasteiger partial charge is 0.150 e. The molecule has 1 N–H and O–H groups in total. The largest absolute Gasteiger partial charge is 0.373 e. The molecule has 3 saturated heterocycles. The molecule has 3 fully saturated rings. The Morgan fingerprint density at radius 1 is 1.06 bits per heavy atom. The van der Waals surface area contributed by atoms with E-state index in [1.807, 2.05) is 0 Å². The van der Waals surface area contributed by atoms with Gasteiger partial charge in [0.25, 0.3) is 0 Å². The fourth-order valence-corrected chi connectivity index (χ4v) is 4.66. The Morgan fingerprint density at radius 3 is 2.38 bits per heavy atom. The quantitative estimate of drug-likeness (QED) is 0.768. The fourth-order valence-electron chi connectivity index (χ4n) is 3.17. The van der Waals surface area contributed by atoms with E-state index in [1.54, 1.807) is 0 Å². The second-order valence-corrected chi connectivity index (χ2v) is 7.61. The second kappa shape index (κ2) is 3.96. The van der Waals surface area contributed by atoms with Gasteiger partial charge in [-0.15, -0.1) is 0 Å². The predicted molar refractivity (Wildman–Crippen MR) is 61.1 cm³/mol. The molecule has 92 valence electrons. The van der Waals surface area contributed by atoms with Gasteiger partial charge in [-0.25, -0.2) is 8.42 Å². The zero-order valence-corrected chi connectivity index (χ0v) is 10.2. The van der Waals surface area contributed by atoms with Gasteiger partial charge < -0.3 is 10.1 Å². The SMILES string of the molecule is O=S1(=O)CCC(NC2CC3CCC2O3)CC1. The van der Waals surface area contributed by atoms with Gasteiger partial charge in [0, 0.05) is 12.1 Å². The van der Waals surface area contributed by atoms with Crippen LogP contribution in [0.2, 0.25) is 0 Å². The fraction of sp³-hybridized carbons (Fsp3) is 1.00. The van der Waals surface area contributed by atoms with Gasteiger partial charge in [0.1, 0.15) is 9.84 Å². The van der Waals surface area contributed by atoms with Gasteiger partial charge >= 0.3 is 0 Å². The molecule has 3 aliphatic heterocycles. The molecule has 3 rings (SSSR count). The van der Waals surface area contributed by atoms with E-state index in [2.05, 4.69) is 5.32 Å². The Balaban J connectivity index is 1.53. The molecule has 16 heavy (non-hydrogen) atoms. The highest BCUT2D eigenvalue weighted by Gasteiger charge is 2.41. The van der Waals surface area contributed by atoms with Crippen LogP contribution in [0.4, 0.5) is 0 Å². The van der Waals surface area contributed by atoms with E-state index >= 15 is 0 Å². The van der Waals surface area contributed by atoms with Gasteiger partial charge in [-0.05, 0) is 32.1 Å². The monoisotopic (exact) mass is 245 g/mol. The van der Waals surface area contributed by atoms with Crippen molar-refractivity contribution in [2.45, 2.75) is 56.4 Å². The molecule has 3 atom stereocenters. The summed E-state index contributed by atoms with van der Waals surface area (Å²) in [4.78, 5) is 0. The van der Waals surface area contributed by atoms with Crippen molar-refractivity contribution in [3.63, 3.8) is 0 Å². The average molecular weight is 245 g/mol. The second-order valence-electron chi connectivity index (χ2n) is 5.31. The van der Waals surface area contributed by atoms with Gasteiger partial charge in [-0.2, -0.15) is 0 Å². The Kier molecular flexibility index (Phi) is 2.72. The lowest BCUT2D eigenvalue weighted by atomic mass is 9.94. The highest BCUT2D eigenvalue weighted by molar-refractivity contribution is 7.91. The molecule has 0 aromatic heterocycles. The maximum Gasteiger partial charge on any atom is 0.150 e. The zero-order valence-electron chi connectivity index (χ0n) is 9.39. The van der Waals surface area contributed by atoms with E-state index in [9.17, 15) is 8.42 Å². The summed E-state index contributed by atoms with van der Waals surface area (Å²) in [6.45, 7) is 0. The molecule has 5 heteroatoms. The number of hydrogen-bond donors (Lipinski definition) is 1. The van der Waals surface area contributed by atoms with Crippen molar-refractivity contribution in [1.29, 1.82) is 0 Å². The summed E-state index contributed by atoms with van der Waals surface area (Å²) in [5.41, 5.74) is 0. The summed E-state index contributed by atoms with van der Waals surface area (Å²) in [5.74, 6) is 0.707. The third-order valence-corrected chi connectivity index (χ3v) is 5.83. The number of sulfone groups is 1. The van der Waals surface area contributed by atoms with Crippen molar-refractivity contribution >= 4 is 9.84 Å². The molecular formula is C11H19NO3S. The van der Waals surface area contributed by atoms with Crippen molar-refractivity contribution in [1.82, 2.24) is 5.32 Å². The molecule has 0 saturated carbocycles. The third kappa shape index (κ3) is 2.13. The maximum atomic E-state index is 11.3. The standard InChI is InChI=1S/C11H19NO3S/c13-16(14)5-3-8(4-6-16)12-10-7-9-1-2-11(10)15-9/h8-12H,1-7H2. The molecule has 3 heterocycles. The van der Waals surface area contributed by atoms with Crippen molar-refractivity contribution in [2.24, 2.45) is 0 Å². The summed E-state index contributed by atoms with van der Waals surface area (Å²) in [6, 6.07) is 0.862. The van der Waals surface area contributed by atoms with Gasteiger partial charge in [0.05, 0.1) is 23.7 Å². The van der Waals surface area contributed by atoms with Crippen LogP contribution >= 0.6 is 0 Å². The van der Waals surface area contributed by atoms with Crippen LogP contribution in [0.25, 0.3) is 0 Å². The van der Waals surface area contributed by atoms with E-state index in [0.717, 1.165) is 19.3 Å². The van der Waals surface area contributed by atoms with Crippen LogP contribution in [0.3, 0.4) is 0 Å². The minimum atomic E-state index is -2.73. The Labute approximate surface area is 96.7 Å². The first-order valence-corrected chi connectivity index (χ1v) is 8.06. The van der Waals surface area contributed by atoms with Gasteiger partial charge in [-0.1, -0.05) is 0 Å². The Bertz CT molecular complexity index is 353. The first kappa shape index (κ1) is 11.0. The highest BCUT2D eigenvalue weighted by Crippen LogP contribution is 2.34. The lowest BCUT2D eigenvalue weighted by Crippen LogP contribution is -2.47. The van der Waals surface area contributed by atoms with Crippen LogP contribution in [-0.4, -0.2) is 44.2 Å². The molecule has 0 aliphatic carbocycles. The van der Waals surface area contributed by atoms with Crippen LogP contribution in [-0.2, 0) is 14.6 Å². The minimum Gasteiger partial charge on any atom is -0.373 e. The number of hydrogen-bond acceptors (Lipinski definition) is 4. The van der Waals surface area contributed by atoms with Crippen molar-refractivity contribution in [3.05, 3.63) is 0 Å². The van der Waals surface area contributed by atoms with Crippen molar-refractivity contribution < 1.29 is 13.2 Å². The summed E-state index contributed by atoms with van der Waals surface area (Å²) < 4.78 is 28.4. The topological polar surface area (TPSA) is 55.4 Å². The molecule has 4 nitrogen and oxygen atoms in total. The normalized spacial score (nSPS) is 42.6. The maximum absolute atomic E-state index is 11.3. The van der Waals surface area contributed by atoms with E-state index in [0.29, 0.717) is 35.8 Å². The van der Waals surface area contributed by atoms with E-state index in [1.165, 1.54) is 12.8 Å². The average Bonchev–Trinajstić information content (AvgIpc) is 2.83. The number of fused-ring (bicyclic) bond motifs is 2. The van der Waals surface area contributed by atoms with Crippen LogP contribution in [0.5, 0.6) is 0 Å². The highest BCUT2D eigenvalue weighted by atomic mass is 32.2. The number of nitrogens with one attached hydrogen (secondary N) is 1. The Morgan fingerprint density at radius 2 is 1.81 bits per heavy atom. The molecule has 0 spiro atoms. The predicted octanol–water partition coefficient (Wildman–Crippen LogP) is 0.473. The first-order valence-electron chi connectivity index (χ1n) is 6.24. The number of ether oxygens (including phenoxy) is 1. The first-order chi connectivity index (χ1) is 7.62. The molecule has 0 amide bonds. The van der Waals surface area contributed by atoms with Crippen molar-refractivity contribution in [3.8, 4) is 0 Å². The van der Waals surface area contributed by atoms with Gasteiger partial charge in [0.15, 0.2) is 0 Å². The summed E-state index contributed by atoms with van der Waals surface area (Å²) in [6.07, 6.45) is 5.91. The van der Waals surface area contributed by atoms with Crippen LogP contribution < -0.4 is 5.32 Å². The molecule has 0 aromatic rings. The summed E-state index contributed by atoms with van der Waals surface area (Å²) >= 11 is 0. The van der Waals surface area contributed by atoms with Gasteiger partial charge in [0.2, 0.25) is 0 Å². The lowest BCUT2D eigenvalue weighted by Gasteiger charge is -2.29. The van der Waals surface area contributed by atoms with Crippen LogP contribution in [0.15, 0.2) is 0 Å². The van der Waals surface area contributed by atoms with Crippen LogP contribution in [0, 0.1) is 0 Å². The minimum absolute atomic E-state index is 0.354. The summed E-state index contributed by atoms with van der Waals surface area (Å²) in [5, 5.41) is 3.60. The molecule has 2 bridgehead atoms.